The molecule has 1 atom stereocenters. The number of hydrogen-bond acceptors (Lipinski definition) is 4. The number of aliphatic hydroxyl groups is 1. The van der Waals surface area contributed by atoms with E-state index in [1.807, 2.05) is 31.3 Å². The minimum absolute atomic E-state index is 0.343. The summed E-state index contributed by atoms with van der Waals surface area (Å²) in [7, 11) is 3.58. The molecule has 0 fully saturated rings. The average molecular weight is 249 g/mol. The summed E-state index contributed by atoms with van der Waals surface area (Å²) >= 11 is 0. The molecule has 1 heterocycles. The third kappa shape index (κ3) is 2.87. The zero-order valence-corrected chi connectivity index (χ0v) is 10.8. The number of para-hydroxylation sites is 2. The van der Waals surface area contributed by atoms with Crippen molar-refractivity contribution in [3.05, 3.63) is 30.1 Å². The number of nitrogens with zero attached hydrogens (tertiary/aromatic N) is 2. The highest BCUT2D eigenvalue weighted by Crippen LogP contribution is 2.13. The van der Waals surface area contributed by atoms with Gasteiger partial charge in [-0.25, -0.2) is 4.98 Å². The molecule has 0 saturated carbocycles. The Morgan fingerprint density at radius 3 is 2.94 bits per heavy atom. The number of rotatable bonds is 6. The molecule has 0 aliphatic carbocycles. The second kappa shape index (κ2) is 5.95. The second-order valence-corrected chi connectivity index (χ2v) is 4.32. The van der Waals surface area contributed by atoms with Crippen molar-refractivity contribution in [3.8, 4) is 0 Å². The van der Waals surface area contributed by atoms with E-state index < -0.39 is 6.10 Å². The van der Waals surface area contributed by atoms with Crippen molar-refractivity contribution in [3.63, 3.8) is 0 Å². The fraction of sp³-hybridized carbons (Fsp3) is 0.462. The summed E-state index contributed by atoms with van der Waals surface area (Å²) in [5.74, 6) is 0.959. The Morgan fingerprint density at radius 1 is 1.44 bits per heavy atom. The number of imidazole rings is 1. The maximum absolute atomic E-state index is 9.52. The van der Waals surface area contributed by atoms with Gasteiger partial charge in [0.1, 0.15) is 5.82 Å². The summed E-state index contributed by atoms with van der Waals surface area (Å²) in [6.07, 6.45) is -0.482. The van der Waals surface area contributed by atoms with Gasteiger partial charge in [-0.3, -0.25) is 0 Å². The molecule has 0 bridgehead atoms. The number of hydrogen-bond donors (Lipinski definition) is 2. The van der Waals surface area contributed by atoms with Crippen LogP contribution in [0.15, 0.2) is 24.3 Å². The Hall–Kier alpha value is -1.43. The summed E-state index contributed by atoms with van der Waals surface area (Å²) < 4.78 is 6.93. The van der Waals surface area contributed by atoms with E-state index in [2.05, 4.69) is 14.9 Å². The molecule has 2 aromatic rings. The van der Waals surface area contributed by atoms with Crippen LogP contribution in [0.2, 0.25) is 0 Å². The van der Waals surface area contributed by atoms with Crippen LogP contribution in [0.1, 0.15) is 5.82 Å². The Morgan fingerprint density at radius 2 is 2.22 bits per heavy atom. The molecule has 0 saturated heterocycles. The van der Waals surface area contributed by atoms with Crippen molar-refractivity contribution in [2.45, 2.75) is 12.6 Å². The minimum Gasteiger partial charge on any atom is -0.389 e. The van der Waals surface area contributed by atoms with E-state index in [-0.39, 0.29) is 0 Å². The van der Waals surface area contributed by atoms with Crippen LogP contribution in [0.4, 0.5) is 0 Å². The van der Waals surface area contributed by atoms with E-state index in [1.54, 1.807) is 7.11 Å². The topological polar surface area (TPSA) is 59.3 Å². The summed E-state index contributed by atoms with van der Waals surface area (Å²) in [6, 6.07) is 8.03. The predicted octanol–water partition coefficient (Wildman–Crippen LogP) is 0.670. The number of methoxy groups -OCH3 is 1. The minimum atomic E-state index is -0.482. The number of benzene rings is 1. The average Bonchev–Trinajstić information content (AvgIpc) is 2.68. The number of aromatic nitrogens is 2. The van der Waals surface area contributed by atoms with Crippen LogP contribution >= 0.6 is 0 Å². The fourth-order valence-electron chi connectivity index (χ4n) is 1.96. The highest BCUT2D eigenvalue weighted by molar-refractivity contribution is 5.75. The van der Waals surface area contributed by atoms with Crippen LogP contribution in [-0.2, 0) is 18.3 Å². The van der Waals surface area contributed by atoms with Gasteiger partial charge < -0.3 is 19.7 Å². The van der Waals surface area contributed by atoms with Crippen LogP contribution in [0.5, 0.6) is 0 Å². The first-order valence-corrected chi connectivity index (χ1v) is 6.00. The van der Waals surface area contributed by atoms with Crippen molar-refractivity contribution < 1.29 is 9.84 Å². The largest absolute Gasteiger partial charge is 0.389 e. The molecule has 0 amide bonds. The molecular formula is C13H19N3O2. The van der Waals surface area contributed by atoms with Gasteiger partial charge in [-0.15, -0.1) is 0 Å². The Labute approximate surface area is 106 Å². The normalized spacial score (nSPS) is 13.1. The first-order chi connectivity index (χ1) is 8.72. The molecule has 0 aliphatic rings. The van der Waals surface area contributed by atoms with Gasteiger partial charge in [-0.05, 0) is 12.1 Å². The lowest BCUT2D eigenvalue weighted by atomic mass is 10.3. The quantitative estimate of drug-likeness (QED) is 0.790. The molecule has 1 aromatic carbocycles. The molecule has 5 heteroatoms. The maximum atomic E-state index is 9.52. The van der Waals surface area contributed by atoms with Crippen LogP contribution in [0.25, 0.3) is 11.0 Å². The number of aliphatic hydroxyl groups excluding tert-OH is 1. The zero-order valence-electron chi connectivity index (χ0n) is 10.8. The SMILES string of the molecule is COCC(O)CNCc1nc2ccccc2n1C. The van der Waals surface area contributed by atoms with Gasteiger partial charge in [0.05, 0.1) is 30.3 Å². The lowest BCUT2D eigenvalue weighted by Crippen LogP contribution is -2.30. The molecule has 0 spiro atoms. The second-order valence-electron chi connectivity index (χ2n) is 4.32. The molecule has 2 rings (SSSR count). The lowest BCUT2D eigenvalue weighted by Gasteiger charge is -2.10. The van der Waals surface area contributed by atoms with Gasteiger partial charge >= 0.3 is 0 Å². The van der Waals surface area contributed by atoms with E-state index in [4.69, 9.17) is 4.74 Å². The number of fused-ring (bicyclic) bond motifs is 1. The molecule has 2 N–H and O–H groups in total. The van der Waals surface area contributed by atoms with Crippen LogP contribution in [0, 0.1) is 0 Å². The highest BCUT2D eigenvalue weighted by Gasteiger charge is 2.07. The van der Waals surface area contributed by atoms with Gasteiger partial charge in [0.2, 0.25) is 0 Å². The number of nitrogens with one attached hydrogen (secondary N) is 1. The molecule has 0 radical (unpaired) electrons. The monoisotopic (exact) mass is 249 g/mol. The molecule has 18 heavy (non-hydrogen) atoms. The Kier molecular flexibility index (Phi) is 4.30. The molecule has 98 valence electrons. The first-order valence-electron chi connectivity index (χ1n) is 6.00. The van der Waals surface area contributed by atoms with Crippen molar-refractivity contribution in [2.24, 2.45) is 7.05 Å². The lowest BCUT2D eigenvalue weighted by molar-refractivity contribution is 0.0643. The smallest absolute Gasteiger partial charge is 0.123 e. The van der Waals surface area contributed by atoms with Crippen LogP contribution < -0.4 is 5.32 Å². The Bertz CT molecular complexity index is 510. The van der Waals surface area contributed by atoms with E-state index in [0.717, 1.165) is 16.9 Å². The molecule has 1 aromatic heterocycles. The van der Waals surface area contributed by atoms with Gasteiger partial charge in [0, 0.05) is 20.7 Å². The summed E-state index contributed by atoms with van der Waals surface area (Å²) in [5.41, 5.74) is 2.11. The summed E-state index contributed by atoms with van der Waals surface area (Å²) in [6.45, 7) is 1.47. The number of aryl methyl sites for hydroxylation is 1. The third-order valence-electron chi connectivity index (χ3n) is 2.90. The molecule has 5 nitrogen and oxygen atoms in total. The van der Waals surface area contributed by atoms with Crippen molar-refractivity contribution >= 4 is 11.0 Å². The van der Waals surface area contributed by atoms with Gasteiger partial charge in [-0.2, -0.15) is 0 Å². The highest BCUT2D eigenvalue weighted by atomic mass is 16.5. The third-order valence-corrected chi connectivity index (χ3v) is 2.90. The molecular weight excluding hydrogens is 230 g/mol. The zero-order chi connectivity index (χ0) is 13.0. The summed E-state index contributed by atoms with van der Waals surface area (Å²) in [4.78, 5) is 4.54. The van der Waals surface area contributed by atoms with E-state index in [1.165, 1.54) is 0 Å². The maximum Gasteiger partial charge on any atom is 0.123 e. The molecule has 1 unspecified atom stereocenters. The van der Waals surface area contributed by atoms with Crippen molar-refractivity contribution in [1.82, 2.24) is 14.9 Å². The van der Waals surface area contributed by atoms with Gasteiger partial charge in [0.15, 0.2) is 0 Å². The van der Waals surface area contributed by atoms with Crippen LogP contribution in [-0.4, -0.2) is 41.0 Å². The van der Waals surface area contributed by atoms with Crippen molar-refractivity contribution in [2.75, 3.05) is 20.3 Å². The Balaban J connectivity index is 1.97. The van der Waals surface area contributed by atoms with E-state index in [0.29, 0.717) is 19.7 Å². The predicted molar refractivity (Wildman–Crippen MR) is 70.3 cm³/mol. The standard InChI is InChI=1S/C13H19N3O2/c1-16-12-6-4-3-5-11(12)15-13(16)8-14-7-10(17)9-18-2/h3-6,10,14,17H,7-9H2,1-2H3. The summed E-state index contributed by atoms with van der Waals surface area (Å²) in [5, 5.41) is 12.7. The van der Waals surface area contributed by atoms with Crippen molar-refractivity contribution in [1.29, 1.82) is 0 Å². The molecule has 0 aliphatic heterocycles. The number of ether oxygens (including phenoxy) is 1. The van der Waals surface area contributed by atoms with Gasteiger partial charge in [-0.1, -0.05) is 12.1 Å². The first kappa shape index (κ1) is 13.0. The van der Waals surface area contributed by atoms with Crippen LogP contribution in [0.3, 0.4) is 0 Å². The fourth-order valence-corrected chi connectivity index (χ4v) is 1.96. The van der Waals surface area contributed by atoms with E-state index in [9.17, 15) is 5.11 Å². The van der Waals surface area contributed by atoms with E-state index >= 15 is 0 Å². The van der Waals surface area contributed by atoms with Gasteiger partial charge in [0.25, 0.3) is 0 Å².